The van der Waals surface area contributed by atoms with Gasteiger partial charge in [0.1, 0.15) is 11.9 Å². The van der Waals surface area contributed by atoms with Crippen molar-refractivity contribution in [2.45, 2.75) is 39.3 Å². The summed E-state index contributed by atoms with van der Waals surface area (Å²) in [6.45, 7) is 7.28. The molecule has 0 radical (unpaired) electrons. The molecule has 30 heavy (non-hydrogen) atoms. The molecule has 6 heteroatoms. The van der Waals surface area contributed by atoms with Gasteiger partial charge in [-0.15, -0.1) is 0 Å². The summed E-state index contributed by atoms with van der Waals surface area (Å²) in [4.78, 5) is 14.6. The Morgan fingerprint density at radius 2 is 1.97 bits per heavy atom. The molecule has 2 aromatic carbocycles. The van der Waals surface area contributed by atoms with Crippen LogP contribution in [0.4, 0.5) is 0 Å². The number of benzene rings is 2. The minimum atomic E-state index is 0.0557. The van der Waals surface area contributed by atoms with Crippen LogP contribution in [0.3, 0.4) is 0 Å². The van der Waals surface area contributed by atoms with Crippen LogP contribution in [0.25, 0.3) is 0 Å². The van der Waals surface area contributed by atoms with E-state index in [1.165, 1.54) is 11.1 Å². The third-order valence-electron chi connectivity index (χ3n) is 5.29. The predicted octanol–water partition coefficient (Wildman–Crippen LogP) is 3.34. The van der Waals surface area contributed by atoms with E-state index in [1.807, 2.05) is 18.2 Å². The lowest BCUT2D eigenvalue weighted by molar-refractivity contribution is -0.121. The lowest BCUT2D eigenvalue weighted by Gasteiger charge is -2.22. The third-order valence-corrected chi connectivity index (χ3v) is 5.29. The highest BCUT2D eigenvalue weighted by Crippen LogP contribution is 2.28. The topological polar surface area (TPSA) is 60.0 Å². The fourth-order valence-corrected chi connectivity index (χ4v) is 3.78. The highest BCUT2D eigenvalue weighted by molar-refractivity contribution is 5.76. The zero-order valence-corrected chi connectivity index (χ0v) is 18.4. The van der Waals surface area contributed by atoms with Gasteiger partial charge in [-0.3, -0.25) is 9.69 Å². The lowest BCUT2D eigenvalue weighted by atomic mass is 10.1. The van der Waals surface area contributed by atoms with Gasteiger partial charge in [0, 0.05) is 38.2 Å². The molecule has 1 heterocycles. The standard InChI is InChI=1S/C24H32N2O4/c1-17-5-8-21-20(13-17)16-26(15-18(2)30-21)12-11-25-24(27)10-7-19-6-9-22(28-3)23(14-19)29-4/h5-6,8-9,13-14,18H,7,10-12,15-16H2,1-4H3,(H,25,27)/t18-/m0/s1. The zero-order valence-electron chi connectivity index (χ0n) is 18.4. The second kappa shape index (κ2) is 10.3. The molecule has 3 rings (SSSR count). The number of aryl methyl sites for hydroxylation is 2. The number of rotatable bonds is 8. The van der Waals surface area contributed by atoms with Gasteiger partial charge in [-0.1, -0.05) is 23.8 Å². The average Bonchev–Trinajstić information content (AvgIpc) is 2.89. The van der Waals surface area contributed by atoms with E-state index < -0.39 is 0 Å². The van der Waals surface area contributed by atoms with E-state index in [4.69, 9.17) is 14.2 Å². The second-order valence-electron chi connectivity index (χ2n) is 7.81. The van der Waals surface area contributed by atoms with E-state index in [-0.39, 0.29) is 12.0 Å². The molecule has 0 aliphatic carbocycles. The molecule has 0 unspecified atom stereocenters. The fourth-order valence-electron chi connectivity index (χ4n) is 3.78. The molecule has 1 aliphatic rings. The predicted molar refractivity (Wildman–Crippen MR) is 117 cm³/mol. The van der Waals surface area contributed by atoms with E-state index in [1.54, 1.807) is 14.2 Å². The first kappa shape index (κ1) is 22.0. The molecular weight excluding hydrogens is 380 g/mol. The number of carbonyl (C=O) groups excluding carboxylic acids is 1. The van der Waals surface area contributed by atoms with Crippen molar-refractivity contribution in [2.24, 2.45) is 0 Å². The quantitative estimate of drug-likeness (QED) is 0.721. The number of hydrogen-bond donors (Lipinski definition) is 1. The summed E-state index contributed by atoms with van der Waals surface area (Å²) >= 11 is 0. The summed E-state index contributed by atoms with van der Waals surface area (Å²) in [5, 5.41) is 3.04. The third kappa shape index (κ3) is 5.89. The number of nitrogens with one attached hydrogen (secondary N) is 1. The van der Waals surface area contributed by atoms with Crippen molar-refractivity contribution in [3.8, 4) is 17.2 Å². The molecule has 1 aliphatic heterocycles. The number of nitrogens with zero attached hydrogens (tertiary/aromatic N) is 1. The Morgan fingerprint density at radius 1 is 1.17 bits per heavy atom. The van der Waals surface area contributed by atoms with Crippen molar-refractivity contribution in [1.82, 2.24) is 10.2 Å². The highest BCUT2D eigenvalue weighted by Gasteiger charge is 2.20. The van der Waals surface area contributed by atoms with Crippen LogP contribution in [0, 0.1) is 6.92 Å². The van der Waals surface area contributed by atoms with Crippen LogP contribution in [-0.4, -0.2) is 50.8 Å². The first-order valence-corrected chi connectivity index (χ1v) is 10.4. The summed E-state index contributed by atoms with van der Waals surface area (Å²) in [6.07, 6.45) is 1.22. The molecule has 0 spiro atoms. The molecule has 0 fully saturated rings. The second-order valence-corrected chi connectivity index (χ2v) is 7.81. The van der Waals surface area contributed by atoms with Crippen LogP contribution in [0.2, 0.25) is 0 Å². The van der Waals surface area contributed by atoms with Crippen LogP contribution < -0.4 is 19.5 Å². The van der Waals surface area contributed by atoms with Gasteiger partial charge in [0.25, 0.3) is 0 Å². The molecule has 162 valence electrons. The molecule has 0 aromatic heterocycles. The average molecular weight is 413 g/mol. The number of ether oxygens (including phenoxy) is 3. The van der Waals surface area contributed by atoms with Gasteiger partial charge in [0.2, 0.25) is 5.91 Å². The fraction of sp³-hybridized carbons (Fsp3) is 0.458. The van der Waals surface area contributed by atoms with Gasteiger partial charge in [-0.25, -0.2) is 0 Å². The number of carbonyl (C=O) groups is 1. The first-order chi connectivity index (χ1) is 14.5. The Morgan fingerprint density at radius 3 is 2.73 bits per heavy atom. The Labute approximate surface area is 179 Å². The molecular formula is C24H32N2O4. The number of methoxy groups -OCH3 is 2. The molecule has 0 bridgehead atoms. The maximum Gasteiger partial charge on any atom is 0.220 e. The van der Waals surface area contributed by atoms with Crippen molar-refractivity contribution in [3.63, 3.8) is 0 Å². The van der Waals surface area contributed by atoms with Crippen LogP contribution in [0.5, 0.6) is 17.2 Å². The minimum Gasteiger partial charge on any atom is -0.493 e. The monoisotopic (exact) mass is 412 g/mol. The summed E-state index contributed by atoms with van der Waals surface area (Å²) in [7, 11) is 3.23. The molecule has 1 N–H and O–H groups in total. The van der Waals surface area contributed by atoms with Gasteiger partial charge >= 0.3 is 0 Å². The molecule has 0 saturated carbocycles. The van der Waals surface area contributed by atoms with E-state index >= 15 is 0 Å². The lowest BCUT2D eigenvalue weighted by Crippen LogP contribution is -2.37. The van der Waals surface area contributed by atoms with Crippen molar-refractivity contribution in [3.05, 3.63) is 53.1 Å². The number of fused-ring (bicyclic) bond motifs is 1. The SMILES string of the molecule is COc1ccc(CCC(=O)NCCN2Cc3cc(C)ccc3O[C@@H](C)C2)cc1OC. The maximum absolute atomic E-state index is 12.3. The Hall–Kier alpha value is -2.73. The van der Waals surface area contributed by atoms with E-state index in [0.717, 1.165) is 30.9 Å². The molecule has 6 nitrogen and oxygen atoms in total. The first-order valence-electron chi connectivity index (χ1n) is 10.4. The van der Waals surface area contributed by atoms with Crippen LogP contribution in [-0.2, 0) is 17.8 Å². The molecule has 1 atom stereocenters. The zero-order chi connectivity index (χ0) is 21.5. The van der Waals surface area contributed by atoms with Gasteiger partial charge in [0.05, 0.1) is 14.2 Å². The van der Waals surface area contributed by atoms with E-state index in [2.05, 4.69) is 42.3 Å². The van der Waals surface area contributed by atoms with Crippen molar-refractivity contribution < 1.29 is 19.0 Å². The van der Waals surface area contributed by atoms with Crippen molar-refractivity contribution in [2.75, 3.05) is 33.9 Å². The summed E-state index contributed by atoms with van der Waals surface area (Å²) < 4.78 is 16.6. The van der Waals surface area contributed by atoms with Gasteiger partial charge < -0.3 is 19.5 Å². The van der Waals surface area contributed by atoms with Gasteiger partial charge in [-0.05, 0) is 44.0 Å². The molecule has 0 saturated heterocycles. The Kier molecular flexibility index (Phi) is 7.57. The van der Waals surface area contributed by atoms with Crippen LogP contribution in [0.1, 0.15) is 30.0 Å². The van der Waals surface area contributed by atoms with Crippen LogP contribution >= 0.6 is 0 Å². The van der Waals surface area contributed by atoms with Crippen molar-refractivity contribution in [1.29, 1.82) is 0 Å². The Balaban J connectivity index is 1.46. The van der Waals surface area contributed by atoms with E-state index in [0.29, 0.717) is 30.9 Å². The Bertz CT molecular complexity index is 868. The van der Waals surface area contributed by atoms with Crippen molar-refractivity contribution >= 4 is 5.91 Å². The molecule has 1 amide bonds. The number of hydrogen-bond acceptors (Lipinski definition) is 5. The van der Waals surface area contributed by atoms with E-state index in [9.17, 15) is 4.79 Å². The largest absolute Gasteiger partial charge is 0.493 e. The van der Waals surface area contributed by atoms with Gasteiger partial charge in [0.15, 0.2) is 11.5 Å². The summed E-state index contributed by atoms with van der Waals surface area (Å²) in [6, 6.07) is 12.1. The smallest absolute Gasteiger partial charge is 0.220 e. The summed E-state index contributed by atoms with van der Waals surface area (Å²) in [5.74, 6) is 2.40. The normalized spacial score (nSPS) is 16.2. The number of amides is 1. The minimum absolute atomic E-state index is 0.0557. The maximum atomic E-state index is 12.3. The van der Waals surface area contributed by atoms with Crippen LogP contribution in [0.15, 0.2) is 36.4 Å². The van der Waals surface area contributed by atoms with Gasteiger partial charge in [-0.2, -0.15) is 0 Å². The highest BCUT2D eigenvalue weighted by atomic mass is 16.5. The molecule has 2 aromatic rings. The summed E-state index contributed by atoms with van der Waals surface area (Å²) in [5.41, 5.74) is 3.49.